The average molecular weight is 232 g/mol. The number of hydrogen-bond donors (Lipinski definition) is 1. The van der Waals surface area contributed by atoms with Crippen LogP contribution in [-0.4, -0.2) is 12.5 Å². The van der Waals surface area contributed by atoms with Crippen LogP contribution in [0.3, 0.4) is 0 Å². The lowest BCUT2D eigenvalue weighted by molar-refractivity contribution is -0.119. The summed E-state index contributed by atoms with van der Waals surface area (Å²) in [6.45, 7) is 6.34. The van der Waals surface area contributed by atoms with E-state index in [0.29, 0.717) is 6.54 Å². The second kappa shape index (κ2) is 4.32. The highest BCUT2D eigenvalue weighted by Crippen LogP contribution is 2.31. The summed E-state index contributed by atoms with van der Waals surface area (Å²) in [5, 5.41) is 2.82. The minimum Gasteiger partial charge on any atom is -0.355 e. The summed E-state index contributed by atoms with van der Waals surface area (Å²) in [4.78, 5) is 12.0. The molecule has 78 valence electrons. The largest absolute Gasteiger partial charge is 0.355 e. The van der Waals surface area contributed by atoms with Gasteiger partial charge in [-0.1, -0.05) is 25.4 Å². The summed E-state index contributed by atoms with van der Waals surface area (Å²) in [5.74, 6) is 0.000674. The number of thiophene rings is 1. The van der Waals surface area contributed by atoms with Crippen LogP contribution in [0.5, 0.6) is 0 Å². The van der Waals surface area contributed by atoms with E-state index in [-0.39, 0.29) is 11.3 Å². The molecule has 1 rings (SSSR count). The van der Waals surface area contributed by atoms with Gasteiger partial charge in [-0.2, -0.15) is 0 Å². The summed E-state index contributed by atoms with van der Waals surface area (Å²) >= 11 is 7.42. The third kappa shape index (κ3) is 3.00. The summed E-state index contributed by atoms with van der Waals surface area (Å²) in [6, 6.07) is 3.89. The van der Waals surface area contributed by atoms with Crippen LogP contribution in [0.4, 0.5) is 0 Å². The van der Waals surface area contributed by atoms with Gasteiger partial charge in [-0.15, -0.1) is 11.3 Å². The number of carbonyl (C=O) groups excluding carboxylic acids is 1. The first kappa shape index (κ1) is 11.5. The van der Waals surface area contributed by atoms with Gasteiger partial charge in [0, 0.05) is 23.8 Å². The maximum atomic E-state index is 10.8. The zero-order valence-corrected chi connectivity index (χ0v) is 10.1. The molecule has 1 aromatic rings. The molecule has 4 heteroatoms. The second-order valence-electron chi connectivity index (χ2n) is 3.90. The fraction of sp³-hybridized carbons (Fsp3) is 0.500. The molecule has 0 unspecified atom stereocenters. The predicted molar refractivity (Wildman–Crippen MR) is 61.0 cm³/mol. The van der Waals surface area contributed by atoms with Gasteiger partial charge in [-0.3, -0.25) is 4.79 Å². The number of hydrogen-bond acceptors (Lipinski definition) is 2. The van der Waals surface area contributed by atoms with Crippen molar-refractivity contribution in [2.75, 3.05) is 6.54 Å². The minimum atomic E-state index is -0.0521. The van der Waals surface area contributed by atoms with Gasteiger partial charge in [0.05, 0.1) is 4.34 Å². The number of amides is 1. The first-order valence-corrected chi connectivity index (χ1v) is 5.61. The molecule has 1 amide bonds. The lowest BCUT2D eigenvalue weighted by Crippen LogP contribution is -2.34. The van der Waals surface area contributed by atoms with Crippen molar-refractivity contribution >= 4 is 28.8 Å². The minimum absolute atomic E-state index is 0.000674. The number of halogens is 1. The number of rotatable bonds is 3. The Balaban J connectivity index is 2.69. The van der Waals surface area contributed by atoms with E-state index >= 15 is 0 Å². The van der Waals surface area contributed by atoms with Crippen molar-refractivity contribution in [1.29, 1.82) is 0 Å². The van der Waals surface area contributed by atoms with Crippen molar-refractivity contribution in [1.82, 2.24) is 5.32 Å². The molecular weight excluding hydrogens is 218 g/mol. The fourth-order valence-corrected chi connectivity index (χ4v) is 2.25. The molecule has 0 aliphatic rings. The Bertz CT molecular complexity index is 333. The van der Waals surface area contributed by atoms with Crippen LogP contribution in [0.2, 0.25) is 4.34 Å². The highest BCUT2D eigenvalue weighted by atomic mass is 35.5. The third-order valence-corrected chi connectivity index (χ3v) is 3.62. The van der Waals surface area contributed by atoms with E-state index in [0.717, 1.165) is 4.34 Å². The maximum Gasteiger partial charge on any atom is 0.216 e. The van der Waals surface area contributed by atoms with Gasteiger partial charge in [0.15, 0.2) is 0 Å². The Morgan fingerprint density at radius 2 is 2.21 bits per heavy atom. The predicted octanol–water partition coefficient (Wildman–Crippen LogP) is 2.82. The zero-order chi connectivity index (χ0) is 10.8. The van der Waals surface area contributed by atoms with Crippen LogP contribution in [-0.2, 0) is 10.2 Å². The van der Waals surface area contributed by atoms with Gasteiger partial charge >= 0.3 is 0 Å². The highest BCUT2D eigenvalue weighted by molar-refractivity contribution is 7.16. The van der Waals surface area contributed by atoms with Crippen molar-refractivity contribution in [3.8, 4) is 0 Å². The molecule has 1 N–H and O–H groups in total. The molecule has 0 fully saturated rings. The van der Waals surface area contributed by atoms with Gasteiger partial charge in [-0.05, 0) is 12.1 Å². The number of nitrogens with one attached hydrogen (secondary N) is 1. The van der Waals surface area contributed by atoms with Gasteiger partial charge < -0.3 is 5.32 Å². The van der Waals surface area contributed by atoms with Crippen LogP contribution in [0.1, 0.15) is 25.6 Å². The van der Waals surface area contributed by atoms with E-state index in [1.54, 1.807) is 11.3 Å². The van der Waals surface area contributed by atoms with Crippen LogP contribution in [0.25, 0.3) is 0 Å². The van der Waals surface area contributed by atoms with E-state index in [9.17, 15) is 4.79 Å². The molecule has 1 heterocycles. The Morgan fingerprint density at radius 3 is 2.64 bits per heavy atom. The van der Waals surface area contributed by atoms with Crippen LogP contribution in [0.15, 0.2) is 12.1 Å². The molecule has 1 aromatic heterocycles. The summed E-state index contributed by atoms with van der Waals surface area (Å²) in [7, 11) is 0. The van der Waals surface area contributed by atoms with E-state index in [1.165, 1.54) is 11.8 Å². The molecule has 0 aromatic carbocycles. The molecule has 2 nitrogen and oxygen atoms in total. The van der Waals surface area contributed by atoms with E-state index in [1.807, 2.05) is 12.1 Å². The van der Waals surface area contributed by atoms with Crippen molar-refractivity contribution in [3.05, 3.63) is 21.3 Å². The fourth-order valence-electron chi connectivity index (χ4n) is 1.11. The lowest BCUT2D eigenvalue weighted by Gasteiger charge is -2.23. The van der Waals surface area contributed by atoms with Gasteiger partial charge in [0.1, 0.15) is 0 Å². The Hall–Kier alpha value is -0.540. The topological polar surface area (TPSA) is 29.1 Å². The van der Waals surface area contributed by atoms with Gasteiger partial charge in [0.25, 0.3) is 0 Å². The lowest BCUT2D eigenvalue weighted by atomic mass is 9.91. The van der Waals surface area contributed by atoms with Crippen LogP contribution in [0, 0.1) is 0 Å². The molecule has 0 atom stereocenters. The average Bonchev–Trinajstić information content (AvgIpc) is 2.49. The maximum absolute atomic E-state index is 10.8. The summed E-state index contributed by atoms with van der Waals surface area (Å²) in [5.41, 5.74) is -0.0521. The number of carbonyl (C=O) groups is 1. The van der Waals surface area contributed by atoms with E-state index in [2.05, 4.69) is 19.2 Å². The monoisotopic (exact) mass is 231 g/mol. The summed E-state index contributed by atoms with van der Waals surface area (Å²) in [6.07, 6.45) is 0. The molecule has 0 spiro atoms. The SMILES string of the molecule is CC(=O)NCC(C)(C)c1ccc(Cl)s1. The van der Waals surface area contributed by atoms with Crippen molar-refractivity contribution in [3.63, 3.8) is 0 Å². The smallest absolute Gasteiger partial charge is 0.216 e. The Morgan fingerprint density at radius 1 is 1.57 bits per heavy atom. The molecule has 0 saturated carbocycles. The molecule has 0 bridgehead atoms. The molecule has 0 aliphatic carbocycles. The highest BCUT2D eigenvalue weighted by Gasteiger charge is 2.22. The molecule has 14 heavy (non-hydrogen) atoms. The van der Waals surface area contributed by atoms with Crippen molar-refractivity contribution in [2.45, 2.75) is 26.2 Å². The Kier molecular flexibility index (Phi) is 3.56. The normalized spacial score (nSPS) is 11.4. The molecular formula is C10H14ClNOS. The first-order valence-electron chi connectivity index (χ1n) is 4.42. The van der Waals surface area contributed by atoms with E-state index in [4.69, 9.17) is 11.6 Å². The van der Waals surface area contributed by atoms with Crippen molar-refractivity contribution in [2.24, 2.45) is 0 Å². The molecule has 0 saturated heterocycles. The quantitative estimate of drug-likeness (QED) is 0.852. The van der Waals surface area contributed by atoms with E-state index < -0.39 is 0 Å². The molecule has 0 aliphatic heterocycles. The molecule has 0 radical (unpaired) electrons. The third-order valence-electron chi connectivity index (χ3n) is 2.02. The Labute approximate surface area is 93.3 Å². The summed E-state index contributed by atoms with van der Waals surface area (Å²) < 4.78 is 0.788. The zero-order valence-electron chi connectivity index (χ0n) is 8.56. The van der Waals surface area contributed by atoms with Crippen LogP contribution >= 0.6 is 22.9 Å². The first-order chi connectivity index (χ1) is 6.42. The second-order valence-corrected chi connectivity index (χ2v) is 5.61. The van der Waals surface area contributed by atoms with Crippen LogP contribution < -0.4 is 5.32 Å². The van der Waals surface area contributed by atoms with Gasteiger partial charge in [-0.25, -0.2) is 0 Å². The van der Waals surface area contributed by atoms with Crippen molar-refractivity contribution < 1.29 is 4.79 Å². The van der Waals surface area contributed by atoms with Gasteiger partial charge in [0.2, 0.25) is 5.91 Å². The standard InChI is InChI=1S/C10H14ClNOS/c1-7(13)12-6-10(2,3)8-4-5-9(11)14-8/h4-5H,6H2,1-3H3,(H,12,13).